The van der Waals surface area contributed by atoms with Crippen LogP contribution in [0.3, 0.4) is 0 Å². The van der Waals surface area contributed by atoms with E-state index in [9.17, 15) is 0 Å². The molecule has 1 aromatic heterocycles. The van der Waals surface area contributed by atoms with E-state index in [1.807, 2.05) is 37.3 Å². The second kappa shape index (κ2) is 4.01. The van der Waals surface area contributed by atoms with Gasteiger partial charge in [-0.1, -0.05) is 30.3 Å². The molecule has 0 radical (unpaired) electrons. The van der Waals surface area contributed by atoms with Crippen LogP contribution in [-0.4, -0.2) is 4.98 Å². The lowest BCUT2D eigenvalue weighted by Gasteiger charge is -2.02. The Morgan fingerprint density at radius 2 is 1.86 bits per heavy atom. The molecule has 1 N–H and O–H groups in total. The van der Waals surface area contributed by atoms with Gasteiger partial charge in [0.2, 0.25) is 0 Å². The fourth-order valence-electron chi connectivity index (χ4n) is 1.30. The number of ether oxygens (including phenoxy) is 1. The molecule has 1 aromatic carbocycles. The maximum absolute atomic E-state index is 5.56. The zero-order valence-corrected chi connectivity index (χ0v) is 8.16. The minimum atomic E-state index is 0.612. The molecule has 0 atom stereocenters. The van der Waals surface area contributed by atoms with E-state index in [4.69, 9.17) is 4.74 Å². The normalized spacial score (nSPS) is 10.1. The molecule has 72 valence electrons. The number of benzene rings is 1. The molecule has 0 fully saturated rings. The number of aromatic nitrogens is 1. The molecule has 0 spiro atoms. The van der Waals surface area contributed by atoms with Crippen molar-refractivity contribution >= 4 is 0 Å². The number of H-pyrrole nitrogens is 1. The van der Waals surface area contributed by atoms with Crippen molar-refractivity contribution in [3.8, 4) is 5.88 Å². The van der Waals surface area contributed by atoms with Crippen LogP contribution >= 0.6 is 0 Å². The van der Waals surface area contributed by atoms with E-state index in [0.717, 1.165) is 11.6 Å². The third-order valence-corrected chi connectivity index (χ3v) is 2.04. The van der Waals surface area contributed by atoms with Crippen molar-refractivity contribution in [3.05, 3.63) is 53.7 Å². The number of hydrogen-bond donors (Lipinski definition) is 1. The summed E-state index contributed by atoms with van der Waals surface area (Å²) in [6.45, 7) is 2.62. The summed E-state index contributed by atoms with van der Waals surface area (Å²) < 4.78 is 5.56. The molecule has 0 unspecified atom stereocenters. The topological polar surface area (TPSA) is 25.0 Å². The first-order valence-corrected chi connectivity index (χ1v) is 4.67. The molecule has 2 aromatic rings. The van der Waals surface area contributed by atoms with Crippen LogP contribution in [0.15, 0.2) is 42.5 Å². The Bertz CT molecular complexity index is 392. The monoisotopic (exact) mass is 187 g/mol. The van der Waals surface area contributed by atoms with Crippen LogP contribution in [0.4, 0.5) is 0 Å². The first-order chi connectivity index (χ1) is 6.84. The summed E-state index contributed by atoms with van der Waals surface area (Å²) in [6.07, 6.45) is 0. The fraction of sp³-hybridized carbons (Fsp3) is 0.167. The smallest absolute Gasteiger partial charge is 0.191 e. The minimum Gasteiger partial charge on any atom is -0.474 e. The van der Waals surface area contributed by atoms with Gasteiger partial charge in [-0.3, -0.25) is 0 Å². The summed E-state index contributed by atoms with van der Waals surface area (Å²) in [6, 6.07) is 14.1. The molecule has 2 rings (SSSR count). The molecule has 0 saturated carbocycles. The molecule has 0 amide bonds. The Morgan fingerprint density at radius 3 is 2.50 bits per heavy atom. The third kappa shape index (κ3) is 2.16. The van der Waals surface area contributed by atoms with Gasteiger partial charge in [-0.05, 0) is 24.6 Å². The summed E-state index contributed by atoms with van der Waals surface area (Å²) in [5.74, 6) is 0.825. The van der Waals surface area contributed by atoms with E-state index in [2.05, 4.69) is 17.1 Å². The summed E-state index contributed by atoms with van der Waals surface area (Å²) in [5.41, 5.74) is 2.30. The molecule has 0 aliphatic carbocycles. The van der Waals surface area contributed by atoms with Crippen molar-refractivity contribution in [2.75, 3.05) is 0 Å². The maximum atomic E-state index is 5.56. The molecule has 0 aliphatic heterocycles. The van der Waals surface area contributed by atoms with Gasteiger partial charge < -0.3 is 9.72 Å². The van der Waals surface area contributed by atoms with Crippen LogP contribution < -0.4 is 4.74 Å². The lowest BCUT2D eigenvalue weighted by molar-refractivity contribution is 0.295. The van der Waals surface area contributed by atoms with Crippen LogP contribution in [0.1, 0.15) is 11.3 Å². The predicted molar refractivity (Wildman–Crippen MR) is 56.3 cm³/mol. The van der Waals surface area contributed by atoms with Crippen molar-refractivity contribution in [1.29, 1.82) is 0 Å². The Morgan fingerprint density at radius 1 is 1.07 bits per heavy atom. The van der Waals surface area contributed by atoms with Crippen LogP contribution in [0.2, 0.25) is 0 Å². The van der Waals surface area contributed by atoms with Crippen molar-refractivity contribution in [2.24, 2.45) is 0 Å². The Balaban J connectivity index is 1.95. The predicted octanol–water partition coefficient (Wildman–Crippen LogP) is 2.90. The van der Waals surface area contributed by atoms with Crippen LogP contribution in [0.25, 0.3) is 0 Å². The standard InChI is InChI=1S/C12H13NO/c1-10-7-8-12(13-10)14-9-11-5-3-2-4-6-11/h2-8,13H,9H2,1H3. The fourth-order valence-corrected chi connectivity index (χ4v) is 1.30. The van der Waals surface area contributed by atoms with Gasteiger partial charge in [0.25, 0.3) is 0 Å². The minimum absolute atomic E-state index is 0.612. The highest BCUT2D eigenvalue weighted by atomic mass is 16.5. The maximum Gasteiger partial charge on any atom is 0.191 e. The molecular formula is C12H13NO. The Kier molecular flexibility index (Phi) is 2.54. The van der Waals surface area contributed by atoms with Crippen molar-refractivity contribution < 1.29 is 4.74 Å². The number of aryl methyl sites for hydroxylation is 1. The summed E-state index contributed by atoms with van der Waals surface area (Å²) in [7, 11) is 0. The van der Waals surface area contributed by atoms with Gasteiger partial charge in [0.1, 0.15) is 6.61 Å². The van der Waals surface area contributed by atoms with Crippen LogP contribution in [0, 0.1) is 6.92 Å². The largest absolute Gasteiger partial charge is 0.474 e. The van der Waals surface area contributed by atoms with Gasteiger partial charge in [-0.25, -0.2) is 0 Å². The zero-order chi connectivity index (χ0) is 9.80. The van der Waals surface area contributed by atoms with Crippen LogP contribution in [-0.2, 0) is 6.61 Å². The molecule has 1 heterocycles. The van der Waals surface area contributed by atoms with Crippen molar-refractivity contribution in [3.63, 3.8) is 0 Å². The first kappa shape index (κ1) is 8.88. The van der Waals surface area contributed by atoms with Gasteiger partial charge in [0, 0.05) is 5.69 Å². The molecule has 0 saturated heterocycles. The van der Waals surface area contributed by atoms with Gasteiger partial charge >= 0.3 is 0 Å². The highest BCUT2D eigenvalue weighted by molar-refractivity contribution is 5.18. The lowest BCUT2D eigenvalue weighted by atomic mass is 10.2. The van der Waals surface area contributed by atoms with Gasteiger partial charge in [0.15, 0.2) is 5.88 Å². The van der Waals surface area contributed by atoms with E-state index < -0.39 is 0 Å². The second-order valence-electron chi connectivity index (χ2n) is 3.28. The molecule has 0 bridgehead atoms. The first-order valence-electron chi connectivity index (χ1n) is 4.67. The van der Waals surface area contributed by atoms with E-state index >= 15 is 0 Å². The highest BCUT2D eigenvalue weighted by Crippen LogP contribution is 2.11. The van der Waals surface area contributed by atoms with Gasteiger partial charge in [0.05, 0.1) is 0 Å². The number of hydrogen-bond acceptors (Lipinski definition) is 1. The van der Waals surface area contributed by atoms with Crippen LogP contribution in [0.5, 0.6) is 5.88 Å². The van der Waals surface area contributed by atoms with E-state index in [1.165, 1.54) is 5.56 Å². The quantitative estimate of drug-likeness (QED) is 0.785. The van der Waals surface area contributed by atoms with Gasteiger partial charge in [-0.2, -0.15) is 0 Å². The number of aromatic amines is 1. The van der Waals surface area contributed by atoms with E-state index in [-0.39, 0.29) is 0 Å². The average molecular weight is 187 g/mol. The van der Waals surface area contributed by atoms with Crippen molar-refractivity contribution in [2.45, 2.75) is 13.5 Å². The zero-order valence-electron chi connectivity index (χ0n) is 8.16. The highest BCUT2D eigenvalue weighted by Gasteiger charge is 1.96. The molecule has 14 heavy (non-hydrogen) atoms. The summed E-state index contributed by atoms with van der Waals surface area (Å²) in [5, 5.41) is 0. The molecule has 0 aliphatic rings. The lowest BCUT2D eigenvalue weighted by Crippen LogP contribution is -1.94. The number of nitrogens with one attached hydrogen (secondary N) is 1. The van der Waals surface area contributed by atoms with Gasteiger partial charge in [-0.15, -0.1) is 0 Å². The second-order valence-corrected chi connectivity index (χ2v) is 3.28. The summed E-state index contributed by atoms with van der Waals surface area (Å²) in [4.78, 5) is 3.12. The third-order valence-electron chi connectivity index (χ3n) is 2.04. The molecule has 2 nitrogen and oxygen atoms in total. The average Bonchev–Trinajstić information content (AvgIpc) is 2.63. The molecule has 2 heteroatoms. The summed E-state index contributed by atoms with van der Waals surface area (Å²) >= 11 is 0. The Labute approximate surface area is 83.5 Å². The van der Waals surface area contributed by atoms with Crippen molar-refractivity contribution in [1.82, 2.24) is 4.98 Å². The Hall–Kier alpha value is -1.70. The SMILES string of the molecule is Cc1ccc(OCc2ccccc2)[nH]1. The van der Waals surface area contributed by atoms with E-state index in [1.54, 1.807) is 0 Å². The number of rotatable bonds is 3. The van der Waals surface area contributed by atoms with E-state index in [0.29, 0.717) is 6.61 Å². The molecular weight excluding hydrogens is 174 g/mol.